The number of pyridine rings is 1. The third kappa shape index (κ3) is 3.00. The Balaban J connectivity index is 2.16. The van der Waals surface area contributed by atoms with Gasteiger partial charge in [0, 0.05) is 24.7 Å². The summed E-state index contributed by atoms with van der Waals surface area (Å²) in [7, 11) is 0. The van der Waals surface area contributed by atoms with Crippen molar-refractivity contribution in [1.29, 1.82) is 0 Å². The molecule has 1 aromatic carbocycles. The van der Waals surface area contributed by atoms with Crippen molar-refractivity contribution in [3.05, 3.63) is 48.2 Å². The normalized spacial score (nSPS) is 12.3. The number of nitrogens with two attached hydrogens (primary N) is 1. The molecular formula is C18H21N5O. The van der Waals surface area contributed by atoms with Crippen LogP contribution < -0.4 is 11.1 Å². The van der Waals surface area contributed by atoms with Gasteiger partial charge in [0.05, 0.1) is 22.8 Å². The lowest BCUT2D eigenvalue weighted by Gasteiger charge is -2.13. The van der Waals surface area contributed by atoms with E-state index in [0.717, 1.165) is 16.6 Å². The lowest BCUT2D eigenvalue weighted by Crippen LogP contribution is -2.37. The highest BCUT2D eigenvalue weighted by atomic mass is 16.1. The van der Waals surface area contributed by atoms with Gasteiger partial charge in [-0.15, -0.1) is 0 Å². The minimum absolute atomic E-state index is 0.0953. The van der Waals surface area contributed by atoms with Crippen molar-refractivity contribution < 1.29 is 4.79 Å². The van der Waals surface area contributed by atoms with Gasteiger partial charge in [-0.2, -0.15) is 5.10 Å². The lowest BCUT2D eigenvalue weighted by atomic mass is 10.1. The van der Waals surface area contributed by atoms with E-state index in [1.165, 1.54) is 0 Å². The minimum atomic E-state index is -0.159. The Labute approximate surface area is 140 Å². The SMILES string of the molecule is CCn1ncc2c(C(=O)N[C@@H](C)CN)cc(-c3ccccc3)nc21. The summed E-state index contributed by atoms with van der Waals surface area (Å²) in [5, 5.41) is 8.00. The number of benzene rings is 1. The van der Waals surface area contributed by atoms with Gasteiger partial charge in [0.25, 0.3) is 5.91 Å². The number of nitrogens with zero attached hydrogens (tertiary/aromatic N) is 3. The third-order valence-electron chi connectivity index (χ3n) is 3.95. The molecule has 2 heterocycles. The predicted molar refractivity (Wildman–Crippen MR) is 94.6 cm³/mol. The first-order valence-electron chi connectivity index (χ1n) is 8.07. The van der Waals surface area contributed by atoms with E-state index in [9.17, 15) is 4.79 Å². The molecule has 6 nitrogen and oxygen atoms in total. The average Bonchev–Trinajstić information content (AvgIpc) is 3.04. The number of aromatic nitrogens is 3. The van der Waals surface area contributed by atoms with Crippen LogP contribution in [-0.2, 0) is 6.54 Å². The van der Waals surface area contributed by atoms with Crippen molar-refractivity contribution in [3.8, 4) is 11.3 Å². The van der Waals surface area contributed by atoms with Crippen LogP contribution in [0.1, 0.15) is 24.2 Å². The van der Waals surface area contributed by atoms with Crippen molar-refractivity contribution in [2.45, 2.75) is 26.4 Å². The van der Waals surface area contributed by atoms with Crippen LogP contribution in [0.4, 0.5) is 0 Å². The summed E-state index contributed by atoms with van der Waals surface area (Å²) in [6, 6.07) is 11.5. The zero-order valence-electron chi connectivity index (χ0n) is 13.9. The minimum Gasteiger partial charge on any atom is -0.348 e. The van der Waals surface area contributed by atoms with E-state index < -0.39 is 0 Å². The van der Waals surface area contributed by atoms with Crippen LogP contribution >= 0.6 is 0 Å². The van der Waals surface area contributed by atoms with Crippen LogP contribution in [0.2, 0.25) is 0 Å². The van der Waals surface area contributed by atoms with E-state index in [2.05, 4.69) is 10.4 Å². The van der Waals surface area contributed by atoms with Crippen molar-refractivity contribution in [2.24, 2.45) is 5.73 Å². The van der Waals surface area contributed by atoms with Gasteiger partial charge in [-0.3, -0.25) is 4.79 Å². The number of rotatable bonds is 5. The van der Waals surface area contributed by atoms with Crippen LogP contribution in [0.3, 0.4) is 0 Å². The van der Waals surface area contributed by atoms with E-state index in [1.54, 1.807) is 10.9 Å². The molecule has 0 saturated carbocycles. The smallest absolute Gasteiger partial charge is 0.252 e. The second kappa shape index (κ2) is 6.80. The third-order valence-corrected chi connectivity index (χ3v) is 3.95. The Morgan fingerprint density at radius 1 is 1.33 bits per heavy atom. The van der Waals surface area contributed by atoms with Crippen molar-refractivity contribution in [1.82, 2.24) is 20.1 Å². The molecule has 0 aliphatic carbocycles. The molecule has 0 bridgehead atoms. The van der Waals surface area contributed by atoms with E-state index >= 15 is 0 Å². The molecule has 1 atom stereocenters. The number of fused-ring (bicyclic) bond motifs is 1. The van der Waals surface area contributed by atoms with Crippen molar-refractivity contribution in [3.63, 3.8) is 0 Å². The van der Waals surface area contributed by atoms with E-state index in [-0.39, 0.29) is 11.9 Å². The van der Waals surface area contributed by atoms with Gasteiger partial charge in [-0.05, 0) is 19.9 Å². The fraction of sp³-hybridized carbons (Fsp3) is 0.278. The first-order valence-corrected chi connectivity index (χ1v) is 8.07. The van der Waals surface area contributed by atoms with E-state index in [4.69, 9.17) is 10.7 Å². The Kier molecular flexibility index (Phi) is 4.57. The van der Waals surface area contributed by atoms with Crippen LogP contribution in [0.5, 0.6) is 0 Å². The van der Waals surface area contributed by atoms with Gasteiger partial charge in [-0.1, -0.05) is 30.3 Å². The molecule has 3 N–H and O–H groups in total. The number of amides is 1. The quantitative estimate of drug-likeness (QED) is 0.753. The number of carbonyl (C=O) groups is 1. The number of aryl methyl sites for hydroxylation is 1. The Hall–Kier alpha value is -2.73. The summed E-state index contributed by atoms with van der Waals surface area (Å²) < 4.78 is 1.80. The van der Waals surface area contributed by atoms with Crippen LogP contribution in [0.25, 0.3) is 22.3 Å². The summed E-state index contributed by atoms with van der Waals surface area (Å²) in [6.07, 6.45) is 1.70. The van der Waals surface area contributed by atoms with Gasteiger partial charge in [0.1, 0.15) is 0 Å². The van der Waals surface area contributed by atoms with Gasteiger partial charge in [0.2, 0.25) is 0 Å². The summed E-state index contributed by atoms with van der Waals surface area (Å²) in [5.41, 5.74) is 8.61. The molecule has 124 valence electrons. The molecule has 1 amide bonds. The van der Waals surface area contributed by atoms with Gasteiger partial charge < -0.3 is 11.1 Å². The van der Waals surface area contributed by atoms with Gasteiger partial charge in [-0.25, -0.2) is 9.67 Å². The largest absolute Gasteiger partial charge is 0.348 e. The fourth-order valence-electron chi connectivity index (χ4n) is 2.58. The monoisotopic (exact) mass is 323 g/mol. The Morgan fingerprint density at radius 2 is 2.08 bits per heavy atom. The molecule has 3 aromatic rings. The highest BCUT2D eigenvalue weighted by molar-refractivity contribution is 6.06. The molecule has 3 rings (SSSR count). The Bertz CT molecular complexity index is 856. The molecular weight excluding hydrogens is 302 g/mol. The number of hydrogen-bond acceptors (Lipinski definition) is 4. The zero-order chi connectivity index (χ0) is 17.1. The molecule has 0 saturated heterocycles. The van der Waals surface area contributed by atoms with Crippen LogP contribution in [0.15, 0.2) is 42.6 Å². The second-order valence-corrected chi connectivity index (χ2v) is 5.73. The summed E-state index contributed by atoms with van der Waals surface area (Å²) in [5.74, 6) is -0.159. The first kappa shape index (κ1) is 16.1. The zero-order valence-corrected chi connectivity index (χ0v) is 13.9. The highest BCUT2D eigenvalue weighted by Gasteiger charge is 2.18. The summed E-state index contributed by atoms with van der Waals surface area (Å²) >= 11 is 0. The van der Waals surface area contributed by atoms with Crippen LogP contribution in [0, 0.1) is 0 Å². The molecule has 0 spiro atoms. The summed E-state index contributed by atoms with van der Waals surface area (Å²) in [4.78, 5) is 17.4. The maximum atomic E-state index is 12.7. The lowest BCUT2D eigenvalue weighted by molar-refractivity contribution is 0.0943. The molecule has 24 heavy (non-hydrogen) atoms. The molecule has 0 unspecified atom stereocenters. The average molecular weight is 323 g/mol. The topological polar surface area (TPSA) is 85.8 Å². The molecule has 0 fully saturated rings. The van der Waals surface area contributed by atoms with Gasteiger partial charge >= 0.3 is 0 Å². The highest BCUT2D eigenvalue weighted by Crippen LogP contribution is 2.25. The predicted octanol–water partition coefficient (Wildman–Crippen LogP) is 2.20. The first-order chi connectivity index (χ1) is 11.6. The number of carbonyl (C=O) groups excluding carboxylic acids is 1. The second-order valence-electron chi connectivity index (χ2n) is 5.73. The standard InChI is InChI=1S/C18H21N5O/c1-3-23-17-15(11-20-23)14(18(24)21-12(2)10-19)9-16(22-17)13-7-5-4-6-8-13/h4-9,11-12H,3,10,19H2,1-2H3,(H,21,24)/t12-/m0/s1. The van der Waals surface area contributed by atoms with Crippen molar-refractivity contribution >= 4 is 16.9 Å². The number of hydrogen-bond donors (Lipinski definition) is 2. The molecule has 6 heteroatoms. The van der Waals surface area contributed by atoms with Crippen molar-refractivity contribution in [2.75, 3.05) is 6.54 Å². The molecule has 0 radical (unpaired) electrons. The maximum absolute atomic E-state index is 12.7. The summed E-state index contributed by atoms with van der Waals surface area (Å²) in [6.45, 7) is 4.96. The fourth-order valence-corrected chi connectivity index (χ4v) is 2.58. The van der Waals surface area contributed by atoms with Gasteiger partial charge in [0.15, 0.2) is 5.65 Å². The maximum Gasteiger partial charge on any atom is 0.252 e. The molecule has 0 aliphatic rings. The van der Waals surface area contributed by atoms with E-state index in [1.807, 2.05) is 50.2 Å². The van der Waals surface area contributed by atoms with E-state index in [0.29, 0.717) is 24.3 Å². The molecule has 2 aromatic heterocycles. The Morgan fingerprint density at radius 3 is 2.75 bits per heavy atom. The number of nitrogens with one attached hydrogen (secondary N) is 1. The molecule has 0 aliphatic heterocycles. The van der Waals surface area contributed by atoms with Crippen LogP contribution in [-0.4, -0.2) is 33.3 Å².